The first-order valence-corrected chi connectivity index (χ1v) is 12.8. The van der Waals surface area contributed by atoms with Crippen LogP contribution in [0.2, 0.25) is 0 Å². The molecule has 6 rings (SSSR count). The maximum Gasteiger partial charge on any atom is 0.325 e. The maximum atomic E-state index is 13.6. The molecule has 3 heterocycles. The minimum atomic E-state index is -1.25. The summed E-state index contributed by atoms with van der Waals surface area (Å²) in [6.07, 6.45) is 2.47. The van der Waals surface area contributed by atoms with Gasteiger partial charge in [-0.05, 0) is 53.8 Å². The summed E-state index contributed by atoms with van der Waals surface area (Å²) < 4.78 is 11.6. The summed E-state index contributed by atoms with van der Waals surface area (Å²) in [5, 5.41) is 4.73. The first-order chi connectivity index (χ1) is 18.0. The summed E-state index contributed by atoms with van der Waals surface area (Å²) in [6.45, 7) is 3.18. The molecule has 3 aromatic carbocycles. The Kier molecular flexibility index (Phi) is 5.74. The zero-order valence-electron chi connectivity index (χ0n) is 20.7. The lowest BCUT2D eigenvalue weighted by atomic mass is 9.88. The minimum Gasteiger partial charge on any atom is -0.490 e. The maximum absolute atomic E-state index is 13.6. The van der Waals surface area contributed by atoms with Gasteiger partial charge in [0.15, 0.2) is 11.5 Å². The average Bonchev–Trinajstić information content (AvgIpc) is 3.39. The largest absolute Gasteiger partial charge is 0.490 e. The number of carbonyl (C=O) groups excluding carboxylic acids is 3. The van der Waals surface area contributed by atoms with E-state index < -0.39 is 17.5 Å². The van der Waals surface area contributed by atoms with Crippen molar-refractivity contribution < 1.29 is 23.9 Å². The molecule has 4 amide bonds. The van der Waals surface area contributed by atoms with Gasteiger partial charge in [0.05, 0.1) is 19.3 Å². The second-order valence-electron chi connectivity index (χ2n) is 9.97. The fourth-order valence-electron chi connectivity index (χ4n) is 5.71. The highest BCUT2D eigenvalue weighted by Crippen LogP contribution is 2.39. The monoisotopic (exact) mass is 499 g/mol. The summed E-state index contributed by atoms with van der Waals surface area (Å²) in [5.41, 5.74) is 0.426. The van der Waals surface area contributed by atoms with E-state index in [1.54, 1.807) is 11.8 Å². The predicted octanol–water partition coefficient (Wildman–Crippen LogP) is 4.13. The number of rotatable bonds is 4. The van der Waals surface area contributed by atoms with E-state index in [2.05, 4.69) is 5.32 Å². The number of likely N-dealkylation sites (tertiary alicyclic amines) is 1. The summed E-state index contributed by atoms with van der Waals surface area (Å²) in [5.74, 6) is 0.729. The van der Waals surface area contributed by atoms with E-state index in [-0.39, 0.29) is 18.5 Å². The molecule has 1 N–H and O–H groups in total. The molecule has 0 radical (unpaired) electrons. The first-order valence-electron chi connectivity index (χ1n) is 12.8. The standard InChI is InChI=1S/C29H29N3O5/c1-29(22-10-4-8-19-7-2-3-9-21(19)22)27(34)32(28(35)30-29)18-26(33)31-14-5-11-23(31)20-12-13-24-25(17-20)37-16-6-15-36-24/h2-4,7-10,12-13,17,23H,5-6,11,14-16,18H2,1H3,(H,30,35)/t23-,29+/m1/s1. The molecule has 0 saturated carbocycles. The Labute approximate surface area is 215 Å². The Hall–Kier alpha value is -4.07. The minimum absolute atomic E-state index is 0.144. The van der Waals surface area contributed by atoms with Crippen molar-refractivity contribution in [2.45, 2.75) is 37.8 Å². The number of nitrogens with one attached hydrogen (secondary N) is 1. The zero-order valence-corrected chi connectivity index (χ0v) is 20.7. The second-order valence-corrected chi connectivity index (χ2v) is 9.97. The highest BCUT2D eigenvalue weighted by Gasteiger charge is 2.50. The predicted molar refractivity (Wildman–Crippen MR) is 137 cm³/mol. The van der Waals surface area contributed by atoms with E-state index in [4.69, 9.17) is 9.47 Å². The Bertz CT molecular complexity index is 1400. The van der Waals surface area contributed by atoms with Gasteiger partial charge in [0.1, 0.15) is 12.1 Å². The molecule has 190 valence electrons. The van der Waals surface area contributed by atoms with Gasteiger partial charge in [-0.3, -0.25) is 14.5 Å². The fraction of sp³-hybridized carbons (Fsp3) is 0.345. The Morgan fingerprint density at radius 2 is 1.78 bits per heavy atom. The molecular weight excluding hydrogens is 470 g/mol. The number of imide groups is 1. The van der Waals surface area contributed by atoms with Crippen LogP contribution in [-0.4, -0.2) is 53.9 Å². The molecule has 8 nitrogen and oxygen atoms in total. The normalized spacial score (nSPS) is 23.3. The van der Waals surface area contributed by atoms with Crippen LogP contribution in [0.1, 0.15) is 43.4 Å². The van der Waals surface area contributed by atoms with E-state index in [1.807, 2.05) is 60.7 Å². The van der Waals surface area contributed by atoms with Crippen LogP contribution in [0.3, 0.4) is 0 Å². The summed E-state index contributed by atoms with van der Waals surface area (Å²) >= 11 is 0. The molecule has 37 heavy (non-hydrogen) atoms. The molecule has 3 aliphatic rings. The fourth-order valence-corrected chi connectivity index (χ4v) is 5.71. The highest BCUT2D eigenvalue weighted by atomic mass is 16.5. The van der Waals surface area contributed by atoms with Crippen molar-refractivity contribution in [1.82, 2.24) is 15.1 Å². The molecule has 0 bridgehead atoms. The molecular formula is C29H29N3O5. The molecule has 0 aliphatic carbocycles. The number of nitrogens with zero attached hydrogens (tertiary/aromatic N) is 2. The molecule has 8 heteroatoms. The highest BCUT2D eigenvalue weighted by molar-refractivity contribution is 6.10. The van der Waals surface area contributed by atoms with Crippen molar-refractivity contribution >= 4 is 28.6 Å². The molecule has 2 fully saturated rings. The van der Waals surface area contributed by atoms with Gasteiger partial charge in [0.25, 0.3) is 5.91 Å². The van der Waals surface area contributed by atoms with Gasteiger partial charge in [-0.25, -0.2) is 4.79 Å². The second kappa shape index (κ2) is 9.10. The molecule has 2 saturated heterocycles. The Balaban J connectivity index is 1.23. The van der Waals surface area contributed by atoms with Gasteiger partial charge in [0.2, 0.25) is 5.91 Å². The van der Waals surface area contributed by atoms with Gasteiger partial charge in [-0.15, -0.1) is 0 Å². The van der Waals surface area contributed by atoms with Crippen molar-refractivity contribution in [3.8, 4) is 11.5 Å². The molecule has 2 atom stereocenters. The SMILES string of the molecule is C[C@@]1(c2cccc3ccccc23)NC(=O)N(CC(=O)N2CCC[C@@H]2c2ccc3c(c2)OCCCO3)C1=O. The molecule has 3 aliphatic heterocycles. The van der Waals surface area contributed by atoms with Crippen LogP contribution in [0.5, 0.6) is 11.5 Å². The third-order valence-corrected chi connectivity index (χ3v) is 7.63. The first kappa shape index (κ1) is 23.3. The van der Waals surface area contributed by atoms with Crippen LogP contribution in [-0.2, 0) is 15.1 Å². The van der Waals surface area contributed by atoms with Crippen molar-refractivity contribution in [3.63, 3.8) is 0 Å². The number of fused-ring (bicyclic) bond motifs is 2. The van der Waals surface area contributed by atoms with Crippen LogP contribution >= 0.6 is 0 Å². The average molecular weight is 500 g/mol. The summed E-state index contributed by atoms with van der Waals surface area (Å²) in [7, 11) is 0. The van der Waals surface area contributed by atoms with Crippen molar-refractivity contribution in [2.24, 2.45) is 0 Å². The number of hydrogen-bond donors (Lipinski definition) is 1. The van der Waals surface area contributed by atoms with Crippen LogP contribution < -0.4 is 14.8 Å². The zero-order chi connectivity index (χ0) is 25.6. The van der Waals surface area contributed by atoms with Gasteiger partial charge in [0, 0.05) is 13.0 Å². The van der Waals surface area contributed by atoms with Crippen LogP contribution in [0, 0.1) is 0 Å². The number of urea groups is 1. The lowest BCUT2D eigenvalue weighted by Crippen LogP contribution is -2.44. The lowest BCUT2D eigenvalue weighted by Gasteiger charge is -2.28. The quantitative estimate of drug-likeness (QED) is 0.546. The van der Waals surface area contributed by atoms with Crippen molar-refractivity contribution in [2.75, 3.05) is 26.3 Å². The van der Waals surface area contributed by atoms with Gasteiger partial charge in [-0.2, -0.15) is 0 Å². The topological polar surface area (TPSA) is 88.2 Å². The number of hydrogen-bond acceptors (Lipinski definition) is 5. The van der Waals surface area contributed by atoms with Gasteiger partial charge >= 0.3 is 6.03 Å². The van der Waals surface area contributed by atoms with Crippen LogP contribution in [0.15, 0.2) is 60.7 Å². The molecule has 0 unspecified atom stereocenters. The van der Waals surface area contributed by atoms with Crippen LogP contribution in [0.4, 0.5) is 4.79 Å². The van der Waals surface area contributed by atoms with E-state index in [0.29, 0.717) is 36.8 Å². The smallest absolute Gasteiger partial charge is 0.325 e. The molecule has 0 spiro atoms. The molecule has 3 aromatic rings. The Morgan fingerprint density at radius 1 is 1.00 bits per heavy atom. The van der Waals surface area contributed by atoms with Crippen molar-refractivity contribution in [1.29, 1.82) is 0 Å². The summed E-state index contributed by atoms with van der Waals surface area (Å²) in [4.78, 5) is 42.9. The van der Waals surface area contributed by atoms with E-state index >= 15 is 0 Å². The number of ether oxygens (including phenoxy) is 2. The number of benzene rings is 3. The number of carbonyl (C=O) groups is 3. The van der Waals surface area contributed by atoms with Crippen molar-refractivity contribution in [3.05, 3.63) is 71.8 Å². The number of amides is 4. The van der Waals surface area contributed by atoms with E-state index in [1.165, 1.54) is 0 Å². The van der Waals surface area contributed by atoms with E-state index in [0.717, 1.165) is 40.5 Å². The van der Waals surface area contributed by atoms with Gasteiger partial charge in [-0.1, -0.05) is 48.5 Å². The Morgan fingerprint density at radius 3 is 2.65 bits per heavy atom. The van der Waals surface area contributed by atoms with E-state index in [9.17, 15) is 14.4 Å². The third-order valence-electron chi connectivity index (χ3n) is 7.63. The summed E-state index contributed by atoms with van der Waals surface area (Å²) in [6, 6.07) is 18.6. The third kappa shape index (κ3) is 3.97. The molecule has 0 aromatic heterocycles. The van der Waals surface area contributed by atoms with Gasteiger partial charge < -0.3 is 19.7 Å². The van der Waals surface area contributed by atoms with Crippen LogP contribution in [0.25, 0.3) is 10.8 Å². The lowest BCUT2D eigenvalue weighted by molar-refractivity contribution is -0.139.